The quantitative estimate of drug-likeness (QED) is 0.809. The largest absolute Gasteiger partial charge is 0.493 e. The van der Waals surface area contributed by atoms with Crippen LogP contribution in [0.25, 0.3) is 0 Å². The number of thiophene rings is 1. The van der Waals surface area contributed by atoms with Crippen LogP contribution in [0.4, 0.5) is 0 Å². The van der Waals surface area contributed by atoms with Crippen molar-refractivity contribution in [2.45, 2.75) is 30.9 Å². The summed E-state index contributed by atoms with van der Waals surface area (Å²) in [6.07, 6.45) is 1.69. The summed E-state index contributed by atoms with van der Waals surface area (Å²) in [5.41, 5.74) is 1.21. The molecule has 0 spiro atoms. The van der Waals surface area contributed by atoms with Crippen LogP contribution in [0.5, 0.6) is 5.75 Å². The minimum absolute atomic E-state index is 0.405. The molecule has 2 aromatic rings. The van der Waals surface area contributed by atoms with Crippen molar-refractivity contribution in [3.63, 3.8) is 0 Å². The molecular weight excluding hydrogens is 342 g/mol. The van der Waals surface area contributed by atoms with Crippen molar-refractivity contribution >= 4 is 21.4 Å². The van der Waals surface area contributed by atoms with E-state index in [1.165, 1.54) is 16.9 Å². The number of sulfonamides is 1. The Morgan fingerprint density at radius 1 is 1.08 bits per heavy atom. The molecule has 24 heavy (non-hydrogen) atoms. The number of benzene rings is 1. The van der Waals surface area contributed by atoms with Gasteiger partial charge in [-0.25, -0.2) is 8.42 Å². The molecule has 0 unspecified atom stereocenters. The molecule has 4 nitrogen and oxygen atoms in total. The minimum Gasteiger partial charge on any atom is -0.493 e. The van der Waals surface area contributed by atoms with Crippen molar-refractivity contribution in [3.05, 3.63) is 46.8 Å². The zero-order chi connectivity index (χ0) is 17.2. The molecule has 1 fully saturated rings. The average Bonchev–Trinajstić information content (AvgIpc) is 3.02. The number of aryl methyl sites for hydroxylation is 2. The summed E-state index contributed by atoms with van der Waals surface area (Å²) in [7, 11) is -3.33. The second-order valence-corrected chi connectivity index (χ2v) is 9.79. The third-order valence-corrected chi connectivity index (χ3v) is 7.76. The van der Waals surface area contributed by atoms with E-state index in [-0.39, 0.29) is 0 Å². The lowest BCUT2D eigenvalue weighted by molar-refractivity contribution is 0.185. The number of hydrogen-bond donors (Lipinski definition) is 0. The standard InChI is InChI=1S/C18H23NO3S2/c1-14-3-6-17(7-4-14)22-13-16-9-11-19(12-10-16)24(20,21)18-8-5-15(2)23-18/h3-8,16H,9-13H2,1-2H3. The van der Waals surface area contributed by atoms with E-state index in [2.05, 4.69) is 6.92 Å². The van der Waals surface area contributed by atoms with E-state index in [1.54, 1.807) is 10.4 Å². The van der Waals surface area contributed by atoms with Crippen LogP contribution in [-0.4, -0.2) is 32.4 Å². The third kappa shape index (κ3) is 3.99. The van der Waals surface area contributed by atoms with Crippen molar-refractivity contribution in [1.82, 2.24) is 4.31 Å². The van der Waals surface area contributed by atoms with E-state index in [0.29, 0.717) is 29.8 Å². The van der Waals surface area contributed by atoms with Crippen LogP contribution in [0, 0.1) is 19.8 Å². The Labute approximate surface area is 148 Å². The van der Waals surface area contributed by atoms with Gasteiger partial charge in [0.1, 0.15) is 9.96 Å². The Kier molecular flexibility index (Phi) is 5.27. The number of nitrogens with zero attached hydrogens (tertiary/aromatic N) is 1. The van der Waals surface area contributed by atoms with Gasteiger partial charge in [-0.05, 0) is 56.9 Å². The molecule has 0 bridgehead atoms. The predicted octanol–water partition coefficient (Wildman–Crippen LogP) is 3.84. The Balaban J connectivity index is 1.53. The maximum Gasteiger partial charge on any atom is 0.252 e. The highest BCUT2D eigenvalue weighted by molar-refractivity contribution is 7.91. The van der Waals surface area contributed by atoms with E-state index in [9.17, 15) is 8.42 Å². The van der Waals surface area contributed by atoms with Crippen LogP contribution >= 0.6 is 11.3 Å². The van der Waals surface area contributed by atoms with Crippen LogP contribution in [0.2, 0.25) is 0 Å². The van der Waals surface area contributed by atoms with Gasteiger partial charge >= 0.3 is 0 Å². The molecule has 3 rings (SSSR count). The topological polar surface area (TPSA) is 46.6 Å². The molecule has 1 aliphatic heterocycles. The van der Waals surface area contributed by atoms with Gasteiger partial charge in [0, 0.05) is 18.0 Å². The highest BCUT2D eigenvalue weighted by Gasteiger charge is 2.30. The lowest BCUT2D eigenvalue weighted by Gasteiger charge is -2.30. The fourth-order valence-electron chi connectivity index (χ4n) is 2.84. The molecule has 1 aliphatic rings. The molecule has 0 amide bonds. The summed E-state index contributed by atoms with van der Waals surface area (Å²) in [4.78, 5) is 1.02. The summed E-state index contributed by atoms with van der Waals surface area (Å²) < 4.78 is 33.2. The van der Waals surface area contributed by atoms with Crippen molar-refractivity contribution in [3.8, 4) is 5.75 Å². The number of hydrogen-bond acceptors (Lipinski definition) is 4. The first-order valence-corrected chi connectivity index (χ1v) is 10.5. The normalized spacial score (nSPS) is 17.1. The summed E-state index contributed by atoms with van der Waals surface area (Å²) in [6.45, 7) is 5.77. The first-order chi connectivity index (χ1) is 11.4. The average molecular weight is 366 g/mol. The minimum atomic E-state index is -3.33. The molecule has 1 aromatic carbocycles. The van der Waals surface area contributed by atoms with Gasteiger partial charge in [0.25, 0.3) is 10.0 Å². The fraction of sp³-hybridized carbons (Fsp3) is 0.444. The highest BCUT2D eigenvalue weighted by Crippen LogP contribution is 2.28. The van der Waals surface area contributed by atoms with Gasteiger partial charge in [-0.3, -0.25) is 0 Å². The van der Waals surface area contributed by atoms with E-state index < -0.39 is 10.0 Å². The van der Waals surface area contributed by atoms with Crippen molar-refractivity contribution in [2.24, 2.45) is 5.92 Å². The molecule has 0 saturated carbocycles. The molecule has 0 aliphatic carbocycles. The second-order valence-electron chi connectivity index (χ2n) is 6.34. The van der Waals surface area contributed by atoms with E-state index in [1.807, 2.05) is 37.3 Å². The highest BCUT2D eigenvalue weighted by atomic mass is 32.2. The summed E-state index contributed by atoms with van der Waals surface area (Å²) >= 11 is 1.34. The van der Waals surface area contributed by atoms with Gasteiger partial charge in [-0.15, -0.1) is 11.3 Å². The van der Waals surface area contributed by atoms with Gasteiger partial charge in [0.15, 0.2) is 0 Å². The predicted molar refractivity (Wildman–Crippen MR) is 97.2 cm³/mol. The number of ether oxygens (including phenoxy) is 1. The maximum absolute atomic E-state index is 12.6. The SMILES string of the molecule is Cc1ccc(OCC2CCN(S(=O)(=O)c3ccc(C)s3)CC2)cc1. The zero-order valence-corrected chi connectivity index (χ0v) is 15.7. The molecule has 2 heterocycles. The molecule has 0 radical (unpaired) electrons. The number of piperidine rings is 1. The Morgan fingerprint density at radius 3 is 2.33 bits per heavy atom. The van der Waals surface area contributed by atoms with Crippen molar-refractivity contribution in [2.75, 3.05) is 19.7 Å². The van der Waals surface area contributed by atoms with Crippen molar-refractivity contribution in [1.29, 1.82) is 0 Å². The van der Waals surface area contributed by atoms with Crippen molar-refractivity contribution < 1.29 is 13.2 Å². The van der Waals surface area contributed by atoms with Crippen LogP contribution in [0.1, 0.15) is 23.3 Å². The molecule has 1 saturated heterocycles. The molecule has 0 N–H and O–H groups in total. The monoisotopic (exact) mass is 365 g/mol. The van der Waals surface area contributed by atoms with Gasteiger partial charge in [0.2, 0.25) is 0 Å². The smallest absolute Gasteiger partial charge is 0.252 e. The van der Waals surface area contributed by atoms with Crippen LogP contribution in [-0.2, 0) is 10.0 Å². The second kappa shape index (κ2) is 7.25. The Morgan fingerprint density at radius 2 is 1.75 bits per heavy atom. The van der Waals surface area contributed by atoms with Crippen LogP contribution in [0.15, 0.2) is 40.6 Å². The zero-order valence-electron chi connectivity index (χ0n) is 14.1. The third-order valence-electron chi connectivity index (χ3n) is 4.39. The Bertz CT molecular complexity index is 773. The Hall–Kier alpha value is -1.37. The lowest BCUT2D eigenvalue weighted by atomic mass is 9.99. The van der Waals surface area contributed by atoms with Gasteiger partial charge < -0.3 is 4.74 Å². The van der Waals surface area contributed by atoms with E-state index in [4.69, 9.17) is 4.74 Å². The van der Waals surface area contributed by atoms with Gasteiger partial charge in [-0.2, -0.15) is 4.31 Å². The lowest BCUT2D eigenvalue weighted by Crippen LogP contribution is -2.39. The van der Waals surface area contributed by atoms with E-state index >= 15 is 0 Å². The molecular formula is C18H23NO3S2. The first-order valence-electron chi connectivity index (χ1n) is 8.21. The summed E-state index contributed by atoms with van der Waals surface area (Å²) in [5.74, 6) is 1.28. The maximum atomic E-state index is 12.6. The molecule has 130 valence electrons. The van der Waals surface area contributed by atoms with Crippen LogP contribution < -0.4 is 4.74 Å². The first kappa shape index (κ1) is 17.5. The fourth-order valence-corrected chi connectivity index (χ4v) is 5.75. The molecule has 6 heteroatoms. The van der Waals surface area contributed by atoms with E-state index in [0.717, 1.165) is 23.5 Å². The van der Waals surface area contributed by atoms with Gasteiger partial charge in [-0.1, -0.05) is 17.7 Å². The molecule has 0 atom stereocenters. The summed E-state index contributed by atoms with van der Waals surface area (Å²) in [6, 6.07) is 11.6. The summed E-state index contributed by atoms with van der Waals surface area (Å²) in [5, 5.41) is 0. The van der Waals surface area contributed by atoms with Crippen LogP contribution in [0.3, 0.4) is 0 Å². The molecule has 1 aromatic heterocycles. The van der Waals surface area contributed by atoms with Gasteiger partial charge in [0.05, 0.1) is 6.61 Å². The number of rotatable bonds is 5.